The van der Waals surface area contributed by atoms with Crippen LogP contribution in [-0.2, 0) is 9.59 Å². The summed E-state index contributed by atoms with van der Waals surface area (Å²) in [6.45, 7) is 3.16. The monoisotopic (exact) mass is 256 g/mol. The molecule has 0 heterocycles. The standard InChI is InChI=1S/C12H20N2O4/c1-9(13-17)7-11(15)5-3-4-6-12(16)8-10(2)14-18/h17-18H,3-8H2,1-2H3. The second-order valence-electron chi connectivity index (χ2n) is 4.31. The summed E-state index contributed by atoms with van der Waals surface area (Å²) in [5.41, 5.74) is 0.789. The fraction of sp³-hybridized carbons (Fsp3) is 0.667. The molecule has 0 unspecified atom stereocenters. The van der Waals surface area contributed by atoms with E-state index >= 15 is 0 Å². The summed E-state index contributed by atoms with van der Waals surface area (Å²) in [5, 5.41) is 22.7. The first kappa shape index (κ1) is 16.3. The van der Waals surface area contributed by atoms with Gasteiger partial charge in [-0.25, -0.2) is 0 Å². The zero-order chi connectivity index (χ0) is 14.0. The normalized spacial score (nSPS) is 12.6. The van der Waals surface area contributed by atoms with Crippen molar-refractivity contribution in [3.8, 4) is 0 Å². The number of hydrogen-bond donors (Lipinski definition) is 2. The van der Waals surface area contributed by atoms with Gasteiger partial charge in [-0.15, -0.1) is 0 Å². The van der Waals surface area contributed by atoms with Crippen LogP contribution in [0.4, 0.5) is 0 Å². The topological polar surface area (TPSA) is 99.3 Å². The minimum absolute atomic E-state index is 0.00542. The van der Waals surface area contributed by atoms with Gasteiger partial charge in [0.1, 0.15) is 11.6 Å². The van der Waals surface area contributed by atoms with E-state index in [9.17, 15) is 9.59 Å². The van der Waals surface area contributed by atoms with Crippen LogP contribution in [-0.4, -0.2) is 33.4 Å². The molecule has 18 heavy (non-hydrogen) atoms. The van der Waals surface area contributed by atoms with Crippen LogP contribution in [0.15, 0.2) is 10.3 Å². The van der Waals surface area contributed by atoms with Crippen molar-refractivity contribution in [2.24, 2.45) is 10.3 Å². The fourth-order valence-corrected chi connectivity index (χ4v) is 1.46. The number of carbonyl (C=O) groups is 2. The van der Waals surface area contributed by atoms with Crippen LogP contribution in [0.25, 0.3) is 0 Å². The van der Waals surface area contributed by atoms with E-state index in [1.165, 1.54) is 0 Å². The van der Waals surface area contributed by atoms with Crippen LogP contribution in [0.2, 0.25) is 0 Å². The molecule has 6 nitrogen and oxygen atoms in total. The molecule has 0 bridgehead atoms. The van der Waals surface area contributed by atoms with Gasteiger partial charge in [0, 0.05) is 25.7 Å². The lowest BCUT2D eigenvalue weighted by atomic mass is 10.0. The second-order valence-corrected chi connectivity index (χ2v) is 4.31. The first-order chi connectivity index (χ1) is 8.49. The van der Waals surface area contributed by atoms with Gasteiger partial charge < -0.3 is 10.4 Å². The smallest absolute Gasteiger partial charge is 0.138 e. The van der Waals surface area contributed by atoms with Crippen molar-refractivity contribution in [2.45, 2.75) is 52.4 Å². The zero-order valence-electron chi connectivity index (χ0n) is 10.8. The van der Waals surface area contributed by atoms with Gasteiger partial charge >= 0.3 is 0 Å². The Kier molecular flexibility index (Phi) is 8.43. The Morgan fingerprint density at radius 3 is 1.44 bits per heavy atom. The van der Waals surface area contributed by atoms with E-state index in [-0.39, 0.29) is 24.4 Å². The molecule has 0 aromatic carbocycles. The lowest BCUT2D eigenvalue weighted by molar-refractivity contribution is -0.119. The highest BCUT2D eigenvalue weighted by Gasteiger charge is 2.07. The molecule has 0 radical (unpaired) electrons. The molecule has 0 aliphatic carbocycles. The number of oxime groups is 2. The molecule has 0 saturated carbocycles. The van der Waals surface area contributed by atoms with Crippen LogP contribution in [0.3, 0.4) is 0 Å². The molecule has 0 fully saturated rings. The quantitative estimate of drug-likeness (QED) is 0.286. The summed E-state index contributed by atoms with van der Waals surface area (Å²) >= 11 is 0. The minimum Gasteiger partial charge on any atom is -0.411 e. The maximum Gasteiger partial charge on any atom is 0.138 e. The molecule has 2 N–H and O–H groups in total. The van der Waals surface area contributed by atoms with Crippen LogP contribution >= 0.6 is 0 Å². The van der Waals surface area contributed by atoms with Gasteiger partial charge in [-0.2, -0.15) is 0 Å². The first-order valence-electron chi connectivity index (χ1n) is 5.88. The molecule has 0 aromatic rings. The van der Waals surface area contributed by atoms with Crippen LogP contribution in [0.1, 0.15) is 52.4 Å². The Morgan fingerprint density at radius 1 is 0.833 bits per heavy atom. The molecule has 0 saturated heterocycles. The maximum absolute atomic E-state index is 11.4. The van der Waals surface area contributed by atoms with Crippen LogP contribution in [0, 0.1) is 0 Å². The summed E-state index contributed by atoms with van der Waals surface area (Å²) < 4.78 is 0. The SMILES string of the molecule is CC(CC(=O)CCCCC(=O)CC(C)=NO)=NO. The zero-order valence-corrected chi connectivity index (χ0v) is 10.8. The molecule has 0 aliphatic heterocycles. The third kappa shape index (κ3) is 8.43. The van der Waals surface area contributed by atoms with E-state index in [1.807, 2.05) is 0 Å². The van der Waals surface area contributed by atoms with Crippen molar-refractivity contribution in [1.29, 1.82) is 0 Å². The second kappa shape index (κ2) is 9.32. The molecular formula is C12H20N2O4. The van der Waals surface area contributed by atoms with Gasteiger partial charge in [-0.3, -0.25) is 9.59 Å². The van der Waals surface area contributed by atoms with Crippen molar-refractivity contribution in [2.75, 3.05) is 0 Å². The highest BCUT2D eigenvalue weighted by Crippen LogP contribution is 2.05. The van der Waals surface area contributed by atoms with Crippen molar-refractivity contribution in [1.82, 2.24) is 0 Å². The molecular weight excluding hydrogens is 236 g/mol. The van der Waals surface area contributed by atoms with Crippen molar-refractivity contribution in [3.05, 3.63) is 0 Å². The average molecular weight is 256 g/mol. The maximum atomic E-state index is 11.4. The van der Waals surface area contributed by atoms with E-state index in [0.29, 0.717) is 37.1 Å². The number of unbranched alkanes of at least 4 members (excludes halogenated alkanes) is 1. The van der Waals surface area contributed by atoms with Gasteiger partial charge in [-0.1, -0.05) is 10.3 Å². The molecule has 0 aliphatic rings. The molecule has 0 atom stereocenters. The summed E-state index contributed by atoms with van der Waals surface area (Å²) in [4.78, 5) is 22.7. The lowest BCUT2D eigenvalue weighted by Gasteiger charge is -2.01. The largest absolute Gasteiger partial charge is 0.411 e. The Morgan fingerprint density at radius 2 is 1.17 bits per heavy atom. The highest BCUT2D eigenvalue weighted by atomic mass is 16.4. The Labute approximate surface area is 106 Å². The van der Waals surface area contributed by atoms with E-state index in [1.54, 1.807) is 13.8 Å². The highest BCUT2D eigenvalue weighted by molar-refractivity contribution is 6.01. The molecule has 0 aromatic heterocycles. The van der Waals surface area contributed by atoms with Gasteiger partial charge in [-0.05, 0) is 26.7 Å². The van der Waals surface area contributed by atoms with Gasteiger partial charge in [0.15, 0.2) is 0 Å². The number of Topliss-reactive ketones (excluding diaryl/α,β-unsaturated/α-hetero) is 2. The van der Waals surface area contributed by atoms with Gasteiger partial charge in [0.05, 0.1) is 11.4 Å². The molecule has 0 spiro atoms. The molecule has 0 rings (SSSR count). The van der Waals surface area contributed by atoms with Crippen LogP contribution < -0.4 is 0 Å². The minimum atomic E-state index is 0.00542. The average Bonchev–Trinajstić information content (AvgIpc) is 2.34. The van der Waals surface area contributed by atoms with Crippen LogP contribution in [0.5, 0.6) is 0 Å². The van der Waals surface area contributed by atoms with E-state index in [0.717, 1.165) is 0 Å². The van der Waals surface area contributed by atoms with Gasteiger partial charge in [0.2, 0.25) is 0 Å². The number of rotatable bonds is 9. The number of nitrogens with zero attached hydrogens (tertiary/aromatic N) is 2. The summed E-state index contributed by atoms with van der Waals surface area (Å²) in [7, 11) is 0. The third-order valence-electron chi connectivity index (χ3n) is 2.41. The molecule has 102 valence electrons. The Bertz CT molecular complexity index is 314. The van der Waals surface area contributed by atoms with Crippen molar-refractivity contribution < 1.29 is 20.0 Å². The summed E-state index contributed by atoms with van der Waals surface area (Å²) in [5.74, 6) is 0.0108. The van der Waals surface area contributed by atoms with Crippen molar-refractivity contribution >= 4 is 23.0 Å². The fourth-order valence-electron chi connectivity index (χ4n) is 1.46. The number of carbonyl (C=O) groups excluding carboxylic acids is 2. The Hall–Kier alpha value is -1.72. The predicted molar refractivity (Wildman–Crippen MR) is 67.5 cm³/mol. The van der Waals surface area contributed by atoms with E-state index in [2.05, 4.69) is 10.3 Å². The number of hydrogen-bond acceptors (Lipinski definition) is 6. The lowest BCUT2D eigenvalue weighted by Crippen LogP contribution is -2.06. The van der Waals surface area contributed by atoms with E-state index < -0.39 is 0 Å². The van der Waals surface area contributed by atoms with Gasteiger partial charge in [0.25, 0.3) is 0 Å². The molecule has 0 amide bonds. The molecule has 6 heteroatoms. The number of ketones is 2. The third-order valence-corrected chi connectivity index (χ3v) is 2.41. The van der Waals surface area contributed by atoms with E-state index in [4.69, 9.17) is 10.4 Å². The predicted octanol–water partition coefficient (Wildman–Crippen LogP) is 2.17. The summed E-state index contributed by atoms with van der Waals surface area (Å²) in [6, 6.07) is 0. The Balaban J connectivity index is 3.68. The first-order valence-corrected chi connectivity index (χ1v) is 5.88. The summed E-state index contributed by atoms with van der Waals surface area (Å²) in [6.07, 6.45) is 2.35. The van der Waals surface area contributed by atoms with Crippen molar-refractivity contribution in [3.63, 3.8) is 0 Å².